The molecule has 1 aliphatic rings. The number of piperidine rings is 1. The third-order valence-corrected chi connectivity index (χ3v) is 4.24. The minimum Gasteiger partial charge on any atom is -0.314 e. The third kappa shape index (κ3) is 3.13. The summed E-state index contributed by atoms with van der Waals surface area (Å²) in [4.78, 5) is 17.5. The van der Waals surface area contributed by atoms with Gasteiger partial charge in [0.25, 0.3) is 0 Å². The summed E-state index contributed by atoms with van der Waals surface area (Å²) < 4.78 is 0. The molecule has 0 saturated carbocycles. The molecule has 2 atom stereocenters. The van der Waals surface area contributed by atoms with Crippen LogP contribution in [0.4, 0.5) is 0 Å². The van der Waals surface area contributed by atoms with E-state index >= 15 is 0 Å². The third-order valence-electron chi connectivity index (χ3n) is 3.36. The molecule has 1 aromatic rings. The average molecular weight is 252 g/mol. The maximum absolute atomic E-state index is 12.2. The van der Waals surface area contributed by atoms with Crippen LogP contribution < -0.4 is 5.32 Å². The molecular weight excluding hydrogens is 232 g/mol. The number of Topliss-reactive ketones (excluding diaryl/α,β-unsaturated/α-hetero) is 1. The number of hydrogen-bond acceptors (Lipinski definition) is 4. The van der Waals surface area contributed by atoms with Gasteiger partial charge < -0.3 is 5.32 Å². The molecule has 94 valence electrons. The molecular formula is C13H20N2OS. The fourth-order valence-corrected chi connectivity index (χ4v) is 3.32. The lowest BCUT2D eigenvalue weighted by Crippen LogP contribution is -2.38. The Hall–Kier alpha value is -0.740. The molecule has 0 spiro atoms. The molecule has 1 fully saturated rings. The predicted molar refractivity (Wildman–Crippen MR) is 70.7 cm³/mol. The molecule has 0 amide bonds. The van der Waals surface area contributed by atoms with E-state index in [2.05, 4.69) is 17.2 Å². The van der Waals surface area contributed by atoms with Gasteiger partial charge in [0.1, 0.15) is 5.69 Å². The summed E-state index contributed by atoms with van der Waals surface area (Å²) in [5.41, 5.74) is 0.688. The van der Waals surface area contributed by atoms with Crippen LogP contribution in [0, 0.1) is 19.8 Å². The van der Waals surface area contributed by atoms with Crippen LogP contribution >= 0.6 is 11.3 Å². The van der Waals surface area contributed by atoms with Gasteiger partial charge in [-0.25, -0.2) is 4.98 Å². The van der Waals surface area contributed by atoms with E-state index < -0.39 is 0 Å². The van der Waals surface area contributed by atoms with Gasteiger partial charge in [0.2, 0.25) is 0 Å². The SMILES string of the molecule is Cc1nc(C(=O)CC2CC(C)CCN2)c(C)s1. The van der Waals surface area contributed by atoms with Crippen LogP contribution in [0.3, 0.4) is 0 Å². The van der Waals surface area contributed by atoms with Gasteiger partial charge in [-0.1, -0.05) is 6.92 Å². The number of aryl methyl sites for hydroxylation is 2. The molecule has 2 rings (SSSR count). The number of carbonyl (C=O) groups excluding carboxylic acids is 1. The average Bonchev–Trinajstić information content (AvgIpc) is 2.58. The van der Waals surface area contributed by atoms with Crippen LogP contribution in [0.25, 0.3) is 0 Å². The van der Waals surface area contributed by atoms with Gasteiger partial charge in [-0.05, 0) is 39.2 Å². The van der Waals surface area contributed by atoms with Gasteiger partial charge in [-0.2, -0.15) is 0 Å². The monoisotopic (exact) mass is 252 g/mol. The van der Waals surface area contributed by atoms with Crippen LogP contribution in [0.5, 0.6) is 0 Å². The Bertz CT molecular complexity index is 414. The number of hydrogen-bond donors (Lipinski definition) is 1. The van der Waals surface area contributed by atoms with E-state index in [9.17, 15) is 4.79 Å². The predicted octanol–water partition coefficient (Wildman–Crippen LogP) is 2.72. The zero-order valence-electron chi connectivity index (χ0n) is 10.7. The van der Waals surface area contributed by atoms with Crippen molar-refractivity contribution in [3.05, 3.63) is 15.6 Å². The number of rotatable bonds is 3. The van der Waals surface area contributed by atoms with Crippen molar-refractivity contribution in [1.29, 1.82) is 0 Å². The van der Waals surface area contributed by atoms with Crippen molar-refractivity contribution in [1.82, 2.24) is 10.3 Å². The van der Waals surface area contributed by atoms with Crippen molar-refractivity contribution in [3.63, 3.8) is 0 Å². The first-order chi connectivity index (χ1) is 8.06. The summed E-state index contributed by atoms with van der Waals surface area (Å²) in [5.74, 6) is 0.922. The molecule has 0 radical (unpaired) electrons. The molecule has 1 aromatic heterocycles. The Morgan fingerprint density at radius 2 is 2.29 bits per heavy atom. The number of carbonyl (C=O) groups is 1. The van der Waals surface area contributed by atoms with Crippen LogP contribution in [0.15, 0.2) is 0 Å². The Morgan fingerprint density at radius 3 is 2.88 bits per heavy atom. The van der Waals surface area contributed by atoms with E-state index in [1.54, 1.807) is 11.3 Å². The first kappa shape index (κ1) is 12.7. The summed E-state index contributed by atoms with van der Waals surface area (Å²) in [6, 6.07) is 0.340. The van der Waals surface area contributed by atoms with Gasteiger partial charge in [0.15, 0.2) is 5.78 Å². The standard InChI is InChI=1S/C13H20N2OS/c1-8-4-5-14-11(6-8)7-12(16)13-9(2)17-10(3)15-13/h8,11,14H,4-7H2,1-3H3. The lowest BCUT2D eigenvalue weighted by molar-refractivity contribution is 0.0954. The minimum atomic E-state index is 0.193. The first-order valence-corrected chi connectivity index (χ1v) is 7.08. The highest BCUT2D eigenvalue weighted by Gasteiger charge is 2.23. The number of ketones is 1. The smallest absolute Gasteiger partial charge is 0.183 e. The zero-order valence-corrected chi connectivity index (χ0v) is 11.6. The first-order valence-electron chi connectivity index (χ1n) is 6.27. The lowest BCUT2D eigenvalue weighted by Gasteiger charge is -2.27. The number of thiazole rings is 1. The maximum atomic E-state index is 12.2. The highest BCUT2D eigenvalue weighted by atomic mass is 32.1. The second kappa shape index (κ2) is 5.27. The van der Waals surface area contributed by atoms with E-state index in [4.69, 9.17) is 0 Å². The van der Waals surface area contributed by atoms with Crippen LogP contribution in [0.1, 0.15) is 46.6 Å². The molecule has 1 aliphatic heterocycles. The van der Waals surface area contributed by atoms with E-state index in [0.717, 1.165) is 28.8 Å². The molecule has 0 bridgehead atoms. The highest BCUT2D eigenvalue weighted by molar-refractivity contribution is 7.11. The van der Waals surface area contributed by atoms with Gasteiger partial charge in [-0.3, -0.25) is 4.79 Å². The Kier molecular flexibility index (Phi) is 3.94. The van der Waals surface area contributed by atoms with Crippen molar-refractivity contribution in [2.45, 2.75) is 46.1 Å². The van der Waals surface area contributed by atoms with Gasteiger partial charge in [0.05, 0.1) is 5.01 Å². The largest absolute Gasteiger partial charge is 0.314 e. The summed E-state index contributed by atoms with van der Waals surface area (Å²) >= 11 is 1.61. The van der Waals surface area contributed by atoms with E-state index in [0.29, 0.717) is 18.2 Å². The van der Waals surface area contributed by atoms with Gasteiger partial charge >= 0.3 is 0 Å². The Morgan fingerprint density at radius 1 is 1.53 bits per heavy atom. The molecule has 3 nitrogen and oxygen atoms in total. The normalized spacial score (nSPS) is 24.9. The van der Waals surface area contributed by atoms with Gasteiger partial charge in [-0.15, -0.1) is 11.3 Å². The molecule has 17 heavy (non-hydrogen) atoms. The molecule has 2 heterocycles. The number of nitrogens with one attached hydrogen (secondary N) is 1. The molecule has 2 unspecified atom stereocenters. The van der Waals surface area contributed by atoms with Gasteiger partial charge in [0, 0.05) is 17.3 Å². The van der Waals surface area contributed by atoms with Crippen molar-refractivity contribution in [3.8, 4) is 0 Å². The van der Waals surface area contributed by atoms with Crippen molar-refractivity contribution in [2.24, 2.45) is 5.92 Å². The molecule has 1 saturated heterocycles. The number of nitrogens with zero attached hydrogens (tertiary/aromatic N) is 1. The molecule has 0 aliphatic carbocycles. The molecule has 1 N–H and O–H groups in total. The van der Waals surface area contributed by atoms with E-state index in [-0.39, 0.29) is 5.78 Å². The van der Waals surface area contributed by atoms with Crippen LogP contribution in [0.2, 0.25) is 0 Å². The Balaban J connectivity index is 1.99. The zero-order chi connectivity index (χ0) is 12.4. The van der Waals surface area contributed by atoms with E-state index in [1.807, 2.05) is 13.8 Å². The van der Waals surface area contributed by atoms with E-state index in [1.165, 1.54) is 6.42 Å². The summed E-state index contributed by atoms with van der Waals surface area (Å²) in [6.07, 6.45) is 2.92. The van der Waals surface area contributed by atoms with Crippen LogP contribution in [-0.4, -0.2) is 23.4 Å². The van der Waals surface area contributed by atoms with Crippen LogP contribution in [-0.2, 0) is 0 Å². The molecule has 4 heteroatoms. The summed E-state index contributed by atoms with van der Waals surface area (Å²) in [6.45, 7) is 7.23. The van der Waals surface area contributed by atoms with Crippen molar-refractivity contribution >= 4 is 17.1 Å². The second-order valence-electron chi connectivity index (χ2n) is 5.05. The lowest BCUT2D eigenvalue weighted by atomic mass is 9.91. The quantitative estimate of drug-likeness (QED) is 0.841. The van der Waals surface area contributed by atoms with Crippen molar-refractivity contribution in [2.75, 3.05) is 6.54 Å². The second-order valence-corrected chi connectivity index (χ2v) is 6.45. The topological polar surface area (TPSA) is 42.0 Å². The summed E-state index contributed by atoms with van der Waals surface area (Å²) in [5, 5.41) is 4.41. The number of aromatic nitrogens is 1. The fraction of sp³-hybridized carbons (Fsp3) is 0.692. The minimum absolute atomic E-state index is 0.193. The summed E-state index contributed by atoms with van der Waals surface area (Å²) in [7, 11) is 0. The Labute approximate surface area is 107 Å². The maximum Gasteiger partial charge on any atom is 0.183 e. The highest BCUT2D eigenvalue weighted by Crippen LogP contribution is 2.22. The molecule has 0 aromatic carbocycles. The fourth-order valence-electron chi connectivity index (χ4n) is 2.48. The van der Waals surface area contributed by atoms with Crippen molar-refractivity contribution < 1.29 is 4.79 Å².